The maximum Gasteiger partial charge on any atom is 0.0346 e. The molecule has 0 saturated heterocycles. The van der Waals surface area contributed by atoms with Crippen molar-refractivity contribution in [2.75, 3.05) is 6.54 Å². The highest BCUT2D eigenvalue weighted by Gasteiger charge is 2.18. The first-order valence-corrected chi connectivity index (χ1v) is 7.84. The average Bonchev–Trinajstić information content (AvgIpc) is 2.47. The van der Waals surface area contributed by atoms with Gasteiger partial charge in [0.1, 0.15) is 0 Å². The Morgan fingerprint density at radius 2 is 2.15 bits per heavy atom. The maximum atomic E-state index is 4.16. The van der Waals surface area contributed by atoms with E-state index >= 15 is 0 Å². The normalized spacial score (nSPS) is 23.1. The molecule has 106 valence electrons. The lowest BCUT2D eigenvalue weighted by atomic mass is 9.82. The van der Waals surface area contributed by atoms with Crippen LogP contribution in [0.25, 0.3) is 10.8 Å². The summed E-state index contributed by atoms with van der Waals surface area (Å²) in [4.78, 5) is 4.16. The second-order valence-corrected chi connectivity index (χ2v) is 6.33. The summed E-state index contributed by atoms with van der Waals surface area (Å²) in [6, 6.07) is 8.73. The van der Waals surface area contributed by atoms with E-state index in [1.807, 2.05) is 12.4 Å². The number of hydrogen-bond donors (Lipinski definition) is 1. The fourth-order valence-corrected chi connectivity index (χ4v) is 3.41. The van der Waals surface area contributed by atoms with E-state index in [1.54, 1.807) is 0 Å². The number of fused-ring (bicyclic) bond motifs is 1. The Balaban J connectivity index is 1.54. The molecule has 1 N–H and O–H groups in total. The van der Waals surface area contributed by atoms with Crippen molar-refractivity contribution in [2.45, 2.75) is 39.2 Å². The van der Waals surface area contributed by atoms with E-state index in [-0.39, 0.29) is 0 Å². The molecule has 1 aromatic heterocycles. The molecular weight excluding hydrogens is 244 g/mol. The van der Waals surface area contributed by atoms with Crippen molar-refractivity contribution in [1.82, 2.24) is 10.3 Å². The van der Waals surface area contributed by atoms with Crippen LogP contribution in [0.5, 0.6) is 0 Å². The van der Waals surface area contributed by atoms with Crippen LogP contribution in [0.4, 0.5) is 0 Å². The van der Waals surface area contributed by atoms with Gasteiger partial charge in [-0.2, -0.15) is 0 Å². The van der Waals surface area contributed by atoms with Crippen LogP contribution < -0.4 is 5.32 Å². The minimum absolute atomic E-state index is 0.878. The van der Waals surface area contributed by atoms with Gasteiger partial charge in [-0.3, -0.25) is 4.98 Å². The number of rotatable bonds is 4. The van der Waals surface area contributed by atoms with Crippen LogP contribution in [-0.4, -0.2) is 11.5 Å². The lowest BCUT2D eigenvalue weighted by Gasteiger charge is -2.26. The molecule has 0 spiro atoms. The van der Waals surface area contributed by atoms with Crippen LogP contribution >= 0.6 is 0 Å². The van der Waals surface area contributed by atoms with Crippen molar-refractivity contribution in [3.05, 3.63) is 42.2 Å². The van der Waals surface area contributed by atoms with Gasteiger partial charge >= 0.3 is 0 Å². The van der Waals surface area contributed by atoms with Gasteiger partial charge in [0.05, 0.1) is 0 Å². The highest BCUT2D eigenvalue weighted by molar-refractivity contribution is 5.81. The Labute approximate surface area is 121 Å². The lowest BCUT2D eigenvalue weighted by Crippen LogP contribution is -2.26. The molecule has 0 bridgehead atoms. The quantitative estimate of drug-likeness (QED) is 0.901. The molecule has 1 aromatic carbocycles. The Bertz CT molecular complexity index is 564. The van der Waals surface area contributed by atoms with Crippen LogP contribution in [0.3, 0.4) is 0 Å². The number of hydrogen-bond acceptors (Lipinski definition) is 2. The molecule has 20 heavy (non-hydrogen) atoms. The zero-order valence-electron chi connectivity index (χ0n) is 12.3. The number of nitrogens with one attached hydrogen (secondary N) is 1. The van der Waals surface area contributed by atoms with E-state index in [0.29, 0.717) is 0 Å². The topological polar surface area (TPSA) is 24.9 Å². The molecule has 2 aromatic rings. The fourth-order valence-electron chi connectivity index (χ4n) is 3.41. The molecule has 0 radical (unpaired) electrons. The van der Waals surface area contributed by atoms with Gasteiger partial charge in [-0.15, -0.1) is 0 Å². The summed E-state index contributed by atoms with van der Waals surface area (Å²) in [7, 11) is 0. The average molecular weight is 268 g/mol. The Morgan fingerprint density at radius 3 is 3.05 bits per heavy atom. The van der Waals surface area contributed by atoms with Crippen molar-refractivity contribution >= 4 is 10.8 Å². The van der Waals surface area contributed by atoms with Gasteiger partial charge in [-0.1, -0.05) is 31.9 Å². The largest absolute Gasteiger partial charge is 0.312 e. The van der Waals surface area contributed by atoms with E-state index in [9.17, 15) is 0 Å². The van der Waals surface area contributed by atoms with Crippen molar-refractivity contribution in [3.8, 4) is 0 Å². The number of benzene rings is 1. The third-order valence-corrected chi connectivity index (χ3v) is 4.51. The standard InChI is InChI=1S/C18H24N2/c1-14-3-2-4-15(9-14)11-20-12-16-5-6-18-13-19-8-7-17(18)10-16/h5-8,10,13-15,20H,2-4,9,11-12H2,1H3. The molecule has 1 aliphatic carbocycles. The molecule has 2 nitrogen and oxygen atoms in total. The van der Waals surface area contributed by atoms with Crippen LogP contribution in [0, 0.1) is 11.8 Å². The number of nitrogens with zero attached hydrogens (tertiary/aromatic N) is 1. The SMILES string of the molecule is CC1CCCC(CNCc2ccc3cnccc3c2)C1. The molecule has 1 saturated carbocycles. The van der Waals surface area contributed by atoms with Crippen LogP contribution in [-0.2, 0) is 6.54 Å². The van der Waals surface area contributed by atoms with Gasteiger partial charge in [0, 0.05) is 24.3 Å². The smallest absolute Gasteiger partial charge is 0.0346 e. The molecule has 1 heterocycles. The Hall–Kier alpha value is -1.41. The third kappa shape index (κ3) is 3.37. The lowest BCUT2D eigenvalue weighted by molar-refractivity contribution is 0.274. The highest BCUT2D eigenvalue weighted by Crippen LogP contribution is 2.28. The van der Waals surface area contributed by atoms with E-state index in [0.717, 1.165) is 18.4 Å². The van der Waals surface area contributed by atoms with Gasteiger partial charge < -0.3 is 5.32 Å². The van der Waals surface area contributed by atoms with E-state index in [1.165, 1.54) is 48.6 Å². The molecular formula is C18H24N2. The van der Waals surface area contributed by atoms with E-state index in [2.05, 4.69) is 41.5 Å². The zero-order chi connectivity index (χ0) is 13.8. The molecule has 0 aliphatic heterocycles. The second-order valence-electron chi connectivity index (χ2n) is 6.33. The molecule has 3 rings (SSSR count). The molecule has 0 amide bonds. The number of pyridine rings is 1. The summed E-state index contributed by atoms with van der Waals surface area (Å²) < 4.78 is 0. The monoisotopic (exact) mass is 268 g/mol. The minimum atomic E-state index is 0.878. The van der Waals surface area contributed by atoms with E-state index in [4.69, 9.17) is 0 Å². The van der Waals surface area contributed by atoms with Gasteiger partial charge in [0.15, 0.2) is 0 Å². The molecule has 2 atom stereocenters. The number of aromatic nitrogens is 1. The predicted molar refractivity (Wildman–Crippen MR) is 84.6 cm³/mol. The van der Waals surface area contributed by atoms with Crippen molar-refractivity contribution in [3.63, 3.8) is 0 Å². The third-order valence-electron chi connectivity index (χ3n) is 4.51. The Kier molecular flexibility index (Phi) is 4.31. The summed E-state index contributed by atoms with van der Waals surface area (Å²) >= 11 is 0. The van der Waals surface area contributed by atoms with Crippen LogP contribution in [0.2, 0.25) is 0 Å². The van der Waals surface area contributed by atoms with Crippen molar-refractivity contribution < 1.29 is 0 Å². The molecule has 1 aliphatic rings. The summed E-state index contributed by atoms with van der Waals surface area (Å²) in [5, 5.41) is 6.14. The first kappa shape index (κ1) is 13.6. The summed E-state index contributed by atoms with van der Waals surface area (Å²) in [6.45, 7) is 4.53. The minimum Gasteiger partial charge on any atom is -0.312 e. The van der Waals surface area contributed by atoms with Crippen LogP contribution in [0.15, 0.2) is 36.7 Å². The summed E-state index contributed by atoms with van der Waals surface area (Å²) in [5.41, 5.74) is 1.37. The first-order chi connectivity index (χ1) is 9.81. The molecule has 2 unspecified atom stereocenters. The van der Waals surface area contributed by atoms with Gasteiger partial charge in [0.2, 0.25) is 0 Å². The van der Waals surface area contributed by atoms with Gasteiger partial charge in [-0.05, 0) is 54.3 Å². The summed E-state index contributed by atoms with van der Waals surface area (Å²) in [6.07, 6.45) is 9.43. The molecule has 1 fully saturated rings. The van der Waals surface area contributed by atoms with Crippen molar-refractivity contribution in [2.24, 2.45) is 11.8 Å². The zero-order valence-corrected chi connectivity index (χ0v) is 12.3. The van der Waals surface area contributed by atoms with Gasteiger partial charge in [-0.25, -0.2) is 0 Å². The fraction of sp³-hybridized carbons (Fsp3) is 0.500. The predicted octanol–water partition coefficient (Wildman–Crippen LogP) is 4.15. The maximum absolute atomic E-state index is 4.16. The summed E-state index contributed by atoms with van der Waals surface area (Å²) in [5.74, 6) is 1.80. The second kappa shape index (κ2) is 6.36. The first-order valence-electron chi connectivity index (χ1n) is 7.84. The van der Waals surface area contributed by atoms with E-state index < -0.39 is 0 Å². The van der Waals surface area contributed by atoms with Crippen LogP contribution in [0.1, 0.15) is 38.2 Å². The Morgan fingerprint density at radius 1 is 1.20 bits per heavy atom. The highest BCUT2D eigenvalue weighted by atomic mass is 14.9. The van der Waals surface area contributed by atoms with Crippen molar-refractivity contribution in [1.29, 1.82) is 0 Å². The van der Waals surface area contributed by atoms with Gasteiger partial charge in [0.25, 0.3) is 0 Å². The molecule has 2 heteroatoms.